The van der Waals surface area contributed by atoms with Crippen LogP contribution in [0.1, 0.15) is 5.82 Å². The molecule has 8 heteroatoms. The number of hydrogen-bond donors (Lipinski definition) is 4. The van der Waals surface area contributed by atoms with Crippen molar-refractivity contribution in [2.75, 3.05) is 11.5 Å². The van der Waals surface area contributed by atoms with Gasteiger partial charge in [-0.05, 0) is 24.3 Å². The molecule has 6 N–H and O–H groups in total. The molecule has 0 radical (unpaired) electrons. The van der Waals surface area contributed by atoms with Gasteiger partial charge in [0.1, 0.15) is 5.82 Å². The van der Waals surface area contributed by atoms with Crippen molar-refractivity contribution in [2.24, 2.45) is 0 Å². The molecule has 2 aromatic rings. The first-order valence-corrected chi connectivity index (χ1v) is 7.66. The topological polar surface area (TPSA) is 120 Å². The van der Waals surface area contributed by atoms with Gasteiger partial charge in [0, 0.05) is 12.4 Å². The first-order valence-electron chi connectivity index (χ1n) is 7.66. The molecule has 0 saturated heterocycles. The van der Waals surface area contributed by atoms with Crippen molar-refractivity contribution in [1.29, 1.82) is 0 Å². The number of fused-ring (bicyclic) bond motifs is 1. The maximum atomic E-state index is 6.02. The Morgan fingerprint density at radius 2 is 1.56 bits per heavy atom. The van der Waals surface area contributed by atoms with Gasteiger partial charge in [-0.1, -0.05) is 24.3 Å². The molecule has 2 aromatic heterocycles. The molecular formula is C17H16N8. The molecule has 8 nitrogen and oxygen atoms in total. The summed E-state index contributed by atoms with van der Waals surface area (Å²) < 4.78 is 1.86. The number of imidazole rings is 1. The summed E-state index contributed by atoms with van der Waals surface area (Å²) in [5, 5.41) is 6.43. The lowest BCUT2D eigenvalue weighted by Crippen LogP contribution is -2.17. The molecule has 0 saturated carbocycles. The normalized spacial score (nSPS) is 16.0. The monoisotopic (exact) mass is 332 g/mol. The molecule has 0 unspecified atom stereocenters. The minimum Gasteiger partial charge on any atom is -0.382 e. The van der Waals surface area contributed by atoms with E-state index in [9.17, 15) is 0 Å². The Hall–Kier alpha value is -3.81. The molecular weight excluding hydrogens is 316 g/mol. The fraction of sp³-hybridized carbons (Fsp3) is 0. The summed E-state index contributed by atoms with van der Waals surface area (Å²) in [5.41, 5.74) is 13.6. The highest BCUT2D eigenvalue weighted by Gasteiger charge is 2.21. The Bertz CT molecular complexity index is 1020. The van der Waals surface area contributed by atoms with Crippen LogP contribution in [0, 0.1) is 0 Å². The second-order valence-electron chi connectivity index (χ2n) is 5.32. The Morgan fingerprint density at radius 3 is 2.40 bits per heavy atom. The van der Waals surface area contributed by atoms with Crippen molar-refractivity contribution >= 4 is 34.4 Å². The van der Waals surface area contributed by atoms with E-state index in [4.69, 9.17) is 11.5 Å². The van der Waals surface area contributed by atoms with Crippen LogP contribution in [-0.4, -0.2) is 19.5 Å². The third-order valence-electron chi connectivity index (χ3n) is 3.66. The third-order valence-corrected chi connectivity index (χ3v) is 3.66. The number of aromatic nitrogens is 4. The van der Waals surface area contributed by atoms with Gasteiger partial charge >= 0.3 is 0 Å². The van der Waals surface area contributed by atoms with Gasteiger partial charge in [0.15, 0.2) is 22.8 Å². The van der Waals surface area contributed by atoms with Gasteiger partial charge in [0.25, 0.3) is 0 Å². The van der Waals surface area contributed by atoms with Crippen molar-refractivity contribution in [3.05, 3.63) is 66.8 Å². The van der Waals surface area contributed by atoms with E-state index in [0.717, 1.165) is 11.5 Å². The zero-order valence-corrected chi connectivity index (χ0v) is 13.2. The maximum Gasteiger partial charge on any atom is 0.224 e. The van der Waals surface area contributed by atoms with E-state index in [-0.39, 0.29) is 11.8 Å². The lowest BCUT2D eigenvalue weighted by Gasteiger charge is -2.13. The van der Waals surface area contributed by atoms with Crippen LogP contribution in [0.25, 0.3) is 22.7 Å². The quantitative estimate of drug-likeness (QED) is 0.657. The number of nitrogens with two attached hydrogens (primary N) is 2. The summed E-state index contributed by atoms with van der Waals surface area (Å²) in [5.74, 6) is 1.74. The van der Waals surface area contributed by atoms with E-state index in [1.54, 1.807) is 0 Å². The highest BCUT2D eigenvalue weighted by atomic mass is 15.3. The molecule has 2 aliphatic rings. The lowest BCUT2D eigenvalue weighted by atomic mass is 10.3. The van der Waals surface area contributed by atoms with E-state index < -0.39 is 0 Å². The average molecular weight is 332 g/mol. The minimum absolute atomic E-state index is 0.0978. The van der Waals surface area contributed by atoms with Crippen LogP contribution >= 0.6 is 0 Å². The summed E-state index contributed by atoms with van der Waals surface area (Å²) in [6, 6.07) is 0. The Labute approximate surface area is 143 Å². The molecule has 25 heavy (non-hydrogen) atoms. The van der Waals surface area contributed by atoms with Gasteiger partial charge in [-0.25, -0.2) is 4.98 Å². The SMILES string of the molecule is Nc1nc(N)c2nc(C3=CC=CC=CN3)n(C3=CC=CC=CN3)c2n1. The third kappa shape index (κ3) is 2.65. The van der Waals surface area contributed by atoms with E-state index in [1.165, 1.54) is 0 Å². The highest BCUT2D eigenvalue weighted by Crippen LogP contribution is 2.26. The summed E-state index contributed by atoms with van der Waals surface area (Å²) in [6.45, 7) is 0. The number of allylic oxidation sites excluding steroid dienone is 8. The summed E-state index contributed by atoms with van der Waals surface area (Å²) in [7, 11) is 0. The van der Waals surface area contributed by atoms with E-state index in [0.29, 0.717) is 17.0 Å². The molecule has 4 heterocycles. The number of hydrogen-bond acceptors (Lipinski definition) is 7. The van der Waals surface area contributed by atoms with Crippen LogP contribution in [0.2, 0.25) is 0 Å². The van der Waals surface area contributed by atoms with Crippen molar-refractivity contribution in [1.82, 2.24) is 30.2 Å². The van der Waals surface area contributed by atoms with Crippen molar-refractivity contribution in [3.63, 3.8) is 0 Å². The van der Waals surface area contributed by atoms with E-state index in [1.807, 2.05) is 65.6 Å². The lowest BCUT2D eigenvalue weighted by molar-refractivity contribution is 0.959. The predicted molar refractivity (Wildman–Crippen MR) is 99.2 cm³/mol. The molecule has 0 fully saturated rings. The van der Waals surface area contributed by atoms with Crippen molar-refractivity contribution in [3.8, 4) is 0 Å². The number of nitrogen functional groups attached to an aromatic ring is 2. The molecule has 4 rings (SSSR count). The highest BCUT2D eigenvalue weighted by molar-refractivity contribution is 5.88. The van der Waals surface area contributed by atoms with E-state index >= 15 is 0 Å². The van der Waals surface area contributed by atoms with Crippen LogP contribution in [0.4, 0.5) is 11.8 Å². The van der Waals surface area contributed by atoms with Gasteiger partial charge in [-0.15, -0.1) is 0 Å². The predicted octanol–water partition coefficient (Wildman–Crippen LogP) is 1.48. The van der Waals surface area contributed by atoms with Gasteiger partial charge in [-0.2, -0.15) is 9.97 Å². The molecule has 0 atom stereocenters. The Balaban J connectivity index is 2.01. The van der Waals surface area contributed by atoms with Crippen LogP contribution in [0.3, 0.4) is 0 Å². The number of nitrogens with one attached hydrogen (secondary N) is 2. The Morgan fingerprint density at radius 1 is 0.800 bits per heavy atom. The van der Waals surface area contributed by atoms with E-state index in [2.05, 4.69) is 25.6 Å². The Kier molecular flexibility index (Phi) is 3.55. The van der Waals surface area contributed by atoms with Crippen LogP contribution in [-0.2, 0) is 0 Å². The standard InChI is InChI=1S/C17H16N8/c18-14-13-16(24-17(19)23-14)25(12-8-4-2-6-10-21-12)15(22-13)11-7-3-1-5-9-20-11/h1-10,20-21H,(H4,18,19,23,24). The molecule has 0 amide bonds. The van der Waals surface area contributed by atoms with Crippen molar-refractivity contribution < 1.29 is 0 Å². The van der Waals surface area contributed by atoms with Crippen LogP contribution < -0.4 is 22.1 Å². The molecule has 0 spiro atoms. The molecule has 0 aromatic carbocycles. The first kappa shape index (κ1) is 14.8. The largest absolute Gasteiger partial charge is 0.382 e. The number of anilines is 2. The number of rotatable bonds is 2. The number of nitrogens with zero attached hydrogens (tertiary/aromatic N) is 4. The zero-order valence-electron chi connectivity index (χ0n) is 13.2. The fourth-order valence-corrected chi connectivity index (χ4v) is 2.59. The molecule has 124 valence electrons. The second-order valence-corrected chi connectivity index (χ2v) is 5.32. The maximum absolute atomic E-state index is 6.02. The van der Waals surface area contributed by atoms with Gasteiger partial charge in [-0.3, -0.25) is 4.57 Å². The molecule has 2 aliphatic heterocycles. The van der Waals surface area contributed by atoms with Gasteiger partial charge in [0.2, 0.25) is 5.95 Å². The smallest absolute Gasteiger partial charge is 0.224 e. The summed E-state index contributed by atoms with van der Waals surface area (Å²) >= 11 is 0. The zero-order chi connectivity index (χ0) is 17.2. The first-order chi connectivity index (χ1) is 12.2. The summed E-state index contributed by atoms with van der Waals surface area (Å²) in [6.07, 6.45) is 19.0. The summed E-state index contributed by atoms with van der Waals surface area (Å²) in [4.78, 5) is 13.0. The van der Waals surface area contributed by atoms with Crippen molar-refractivity contribution in [2.45, 2.75) is 0 Å². The second kappa shape index (κ2) is 6.00. The minimum atomic E-state index is 0.0978. The molecule has 0 bridgehead atoms. The average Bonchev–Trinajstić information content (AvgIpc) is 2.83. The van der Waals surface area contributed by atoms with Crippen LogP contribution in [0.15, 0.2) is 61.0 Å². The molecule has 0 aliphatic carbocycles. The fourth-order valence-electron chi connectivity index (χ4n) is 2.59. The van der Waals surface area contributed by atoms with Crippen LogP contribution in [0.5, 0.6) is 0 Å². The van der Waals surface area contributed by atoms with Gasteiger partial charge in [0.05, 0.1) is 5.70 Å². The van der Waals surface area contributed by atoms with Gasteiger partial charge < -0.3 is 22.1 Å².